The Morgan fingerprint density at radius 3 is 2.52 bits per heavy atom. The number of aryl methyl sites for hydroxylation is 1. The Kier molecular flexibility index (Phi) is 4.91. The van der Waals surface area contributed by atoms with Crippen LogP contribution in [0.5, 0.6) is 0 Å². The van der Waals surface area contributed by atoms with Gasteiger partial charge in [-0.3, -0.25) is 4.90 Å². The molecule has 0 unspecified atom stereocenters. The van der Waals surface area contributed by atoms with Crippen LogP contribution in [-0.2, 0) is 19.6 Å². The molecular weight excluding hydrogens is 264 g/mol. The van der Waals surface area contributed by atoms with Crippen molar-refractivity contribution >= 4 is 0 Å². The van der Waals surface area contributed by atoms with E-state index in [2.05, 4.69) is 38.0 Å². The maximum atomic E-state index is 5.63. The van der Waals surface area contributed by atoms with E-state index in [1.165, 1.54) is 5.56 Å². The highest BCUT2D eigenvalue weighted by molar-refractivity contribution is 5.17. The average molecular weight is 290 g/mol. The van der Waals surface area contributed by atoms with Crippen molar-refractivity contribution in [1.29, 1.82) is 0 Å². The lowest BCUT2D eigenvalue weighted by Gasteiger charge is -2.21. The third-order valence-electron chi connectivity index (χ3n) is 3.28. The number of furan rings is 2. The fourth-order valence-electron chi connectivity index (χ4n) is 2.16. The zero-order valence-electron chi connectivity index (χ0n) is 13.7. The van der Waals surface area contributed by atoms with Crippen molar-refractivity contribution in [3.05, 3.63) is 47.3 Å². The lowest BCUT2D eigenvalue weighted by molar-refractivity contribution is 0.261. The van der Waals surface area contributed by atoms with Crippen molar-refractivity contribution in [3.63, 3.8) is 0 Å². The average Bonchev–Trinajstić information content (AvgIpc) is 2.95. The van der Waals surface area contributed by atoms with E-state index in [1.807, 2.05) is 25.1 Å². The number of nitrogens with one attached hydrogen (secondary N) is 1. The van der Waals surface area contributed by atoms with Crippen LogP contribution < -0.4 is 5.32 Å². The third-order valence-corrected chi connectivity index (χ3v) is 3.28. The van der Waals surface area contributed by atoms with Crippen LogP contribution in [0, 0.1) is 6.92 Å². The second-order valence-corrected chi connectivity index (χ2v) is 6.66. The maximum Gasteiger partial charge on any atom is 0.122 e. The van der Waals surface area contributed by atoms with Crippen LogP contribution in [0.1, 0.15) is 43.6 Å². The predicted molar refractivity (Wildman–Crippen MR) is 83.9 cm³/mol. The lowest BCUT2D eigenvalue weighted by atomic mass is 10.1. The molecule has 0 aliphatic rings. The molecule has 2 heterocycles. The standard InChI is InChI=1S/C17H26N2O2/c1-13-6-7-15(21-13)11-19(5)12-16-14(8-9-20-16)10-18-17(2,3)4/h6-9,18H,10-12H2,1-5H3. The van der Waals surface area contributed by atoms with Gasteiger partial charge in [-0.25, -0.2) is 0 Å². The van der Waals surface area contributed by atoms with Crippen molar-refractivity contribution in [2.45, 2.75) is 52.9 Å². The fraction of sp³-hybridized carbons (Fsp3) is 0.529. The van der Waals surface area contributed by atoms with Crippen molar-refractivity contribution in [1.82, 2.24) is 10.2 Å². The minimum absolute atomic E-state index is 0.103. The van der Waals surface area contributed by atoms with Crippen LogP contribution in [-0.4, -0.2) is 17.5 Å². The summed E-state index contributed by atoms with van der Waals surface area (Å²) < 4.78 is 11.2. The van der Waals surface area contributed by atoms with Gasteiger partial charge in [0.05, 0.1) is 19.4 Å². The van der Waals surface area contributed by atoms with E-state index in [1.54, 1.807) is 6.26 Å². The van der Waals surface area contributed by atoms with Gasteiger partial charge in [-0.15, -0.1) is 0 Å². The van der Waals surface area contributed by atoms with Gasteiger partial charge in [-0.05, 0) is 52.9 Å². The monoisotopic (exact) mass is 290 g/mol. The molecule has 0 spiro atoms. The normalized spacial score (nSPS) is 12.3. The Morgan fingerprint density at radius 2 is 1.90 bits per heavy atom. The van der Waals surface area contributed by atoms with Crippen molar-refractivity contribution in [2.75, 3.05) is 7.05 Å². The summed E-state index contributed by atoms with van der Waals surface area (Å²) in [6.07, 6.45) is 1.76. The highest BCUT2D eigenvalue weighted by atomic mass is 16.3. The summed E-state index contributed by atoms with van der Waals surface area (Å²) in [7, 11) is 2.07. The minimum atomic E-state index is 0.103. The van der Waals surface area contributed by atoms with Gasteiger partial charge in [0.1, 0.15) is 17.3 Å². The molecule has 0 bridgehead atoms. The van der Waals surface area contributed by atoms with E-state index >= 15 is 0 Å². The molecule has 0 saturated heterocycles. The molecule has 4 nitrogen and oxygen atoms in total. The van der Waals surface area contributed by atoms with Crippen LogP contribution in [0.15, 0.2) is 33.3 Å². The zero-order valence-corrected chi connectivity index (χ0v) is 13.7. The third kappa shape index (κ3) is 5.06. The second kappa shape index (κ2) is 6.50. The minimum Gasteiger partial charge on any atom is -0.468 e. The van der Waals surface area contributed by atoms with Crippen LogP contribution in [0.3, 0.4) is 0 Å². The molecule has 0 atom stereocenters. The highest BCUT2D eigenvalue weighted by Crippen LogP contribution is 2.16. The van der Waals surface area contributed by atoms with Gasteiger partial charge >= 0.3 is 0 Å². The Hall–Kier alpha value is -1.52. The van der Waals surface area contributed by atoms with Gasteiger partial charge < -0.3 is 14.2 Å². The Balaban J connectivity index is 1.92. The molecule has 2 rings (SSSR count). The van der Waals surface area contributed by atoms with E-state index in [9.17, 15) is 0 Å². The summed E-state index contributed by atoms with van der Waals surface area (Å²) >= 11 is 0. The molecule has 2 aromatic heterocycles. The molecule has 0 saturated carbocycles. The molecule has 0 radical (unpaired) electrons. The molecule has 4 heteroatoms. The first-order valence-corrected chi connectivity index (χ1v) is 7.37. The van der Waals surface area contributed by atoms with Gasteiger partial charge in [0, 0.05) is 17.6 Å². The van der Waals surface area contributed by atoms with Crippen molar-refractivity contribution in [2.24, 2.45) is 0 Å². The first-order chi connectivity index (χ1) is 9.83. The van der Waals surface area contributed by atoms with Crippen molar-refractivity contribution < 1.29 is 8.83 Å². The molecule has 0 aromatic carbocycles. The molecule has 0 fully saturated rings. The smallest absolute Gasteiger partial charge is 0.122 e. The van der Waals surface area contributed by atoms with Crippen LogP contribution in [0.2, 0.25) is 0 Å². The van der Waals surface area contributed by atoms with Gasteiger partial charge in [0.2, 0.25) is 0 Å². The number of hydrogen-bond acceptors (Lipinski definition) is 4. The van der Waals surface area contributed by atoms with Gasteiger partial charge in [-0.2, -0.15) is 0 Å². The maximum absolute atomic E-state index is 5.63. The summed E-state index contributed by atoms with van der Waals surface area (Å²) in [6, 6.07) is 6.06. The molecule has 0 aliphatic heterocycles. The van der Waals surface area contributed by atoms with Crippen molar-refractivity contribution in [3.8, 4) is 0 Å². The second-order valence-electron chi connectivity index (χ2n) is 6.66. The van der Waals surface area contributed by atoms with E-state index in [4.69, 9.17) is 8.83 Å². The SMILES string of the molecule is Cc1ccc(CN(C)Cc2occc2CNC(C)(C)C)o1. The van der Waals surface area contributed by atoms with Gasteiger partial charge in [0.25, 0.3) is 0 Å². The van der Waals surface area contributed by atoms with Crippen LogP contribution in [0.25, 0.3) is 0 Å². The summed E-state index contributed by atoms with van der Waals surface area (Å²) in [5, 5.41) is 3.49. The van der Waals surface area contributed by atoms with E-state index in [0.717, 1.165) is 36.9 Å². The molecule has 0 aliphatic carbocycles. The van der Waals surface area contributed by atoms with Gasteiger partial charge in [-0.1, -0.05) is 0 Å². The first-order valence-electron chi connectivity index (χ1n) is 7.37. The van der Waals surface area contributed by atoms with E-state index in [0.29, 0.717) is 0 Å². The number of nitrogens with zero attached hydrogens (tertiary/aromatic N) is 1. The van der Waals surface area contributed by atoms with Gasteiger partial charge in [0.15, 0.2) is 0 Å². The fourth-order valence-corrected chi connectivity index (χ4v) is 2.16. The summed E-state index contributed by atoms with van der Waals surface area (Å²) in [4.78, 5) is 2.19. The Morgan fingerprint density at radius 1 is 1.14 bits per heavy atom. The molecule has 116 valence electrons. The van der Waals surface area contributed by atoms with E-state index in [-0.39, 0.29) is 5.54 Å². The molecular formula is C17H26N2O2. The first kappa shape index (κ1) is 15.9. The molecule has 0 amide bonds. The molecule has 21 heavy (non-hydrogen) atoms. The highest BCUT2D eigenvalue weighted by Gasteiger charge is 2.14. The largest absolute Gasteiger partial charge is 0.468 e. The Labute approximate surface area is 127 Å². The number of rotatable bonds is 6. The van der Waals surface area contributed by atoms with E-state index < -0.39 is 0 Å². The predicted octanol–water partition coefficient (Wildman–Crippen LogP) is 3.70. The lowest BCUT2D eigenvalue weighted by Crippen LogP contribution is -2.35. The summed E-state index contributed by atoms with van der Waals surface area (Å²) in [5.74, 6) is 2.94. The van der Waals surface area contributed by atoms with Crippen LogP contribution in [0.4, 0.5) is 0 Å². The summed E-state index contributed by atoms with van der Waals surface area (Å²) in [5.41, 5.74) is 1.32. The Bertz CT molecular complexity index is 563. The molecule has 2 aromatic rings. The zero-order chi connectivity index (χ0) is 15.5. The number of hydrogen-bond donors (Lipinski definition) is 1. The topological polar surface area (TPSA) is 41.6 Å². The van der Waals surface area contributed by atoms with Crippen LogP contribution >= 0.6 is 0 Å². The summed E-state index contributed by atoms with van der Waals surface area (Å²) in [6.45, 7) is 10.8. The quantitative estimate of drug-likeness (QED) is 0.880. The molecule has 1 N–H and O–H groups in total.